The fourth-order valence-electron chi connectivity index (χ4n) is 2.35. The van der Waals surface area contributed by atoms with Crippen LogP contribution in [0.5, 0.6) is 0 Å². The highest BCUT2D eigenvalue weighted by molar-refractivity contribution is 7.99. The lowest BCUT2D eigenvalue weighted by molar-refractivity contribution is -0.118. The van der Waals surface area contributed by atoms with Crippen molar-refractivity contribution in [3.63, 3.8) is 0 Å². The van der Waals surface area contributed by atoms with E-state index >= 15 is 0 Å². The molecule has 5 nitrogen and oxygen atoms in total. The predicted octanol–water partition coefficient (Wildman–Crippen LogP) is 4.13. The Morgan fingerprint density at radius 2 is 2.00 bits per heavy atom. The van der Waals surface area contributed by atoms with Crippen molar-refractivity contribution in [3.8, 4) is 0 Å². The molecule has 0 bridgehead atoms. The van der Waals surface area contributed by atoms with Gasteiger partial charge in [-0.1, -0.05) is 24.6 Å². The van der Waals surface area contributed by atoms with E-state index in [2.05, 4.69) is 10.0 Å². The molecule has 0 aromatic heterocycles. The third-order valence-electron chi connectivity index (χ3n) is 3.90. The Labute approximate surface area is 156 Å². The monoisotopic (exact) mass is 396 g/mol. The number of carbonyl (C=O) groups excluding carboxylic acids is 1. The molecule has 1 heterocycles. The molecule has 1 atom stereocenters. The molecule has 0 radical (unpaired) electrons. The van der Waals surface area contributed by atoms with E-state index in [9.17, 15) is 13.2 Å². The number of amides is 1. The predicted molar refractivity (Wildman–Crippen MR) is 102 cm³/mol. The van der Waals surface area contributed by atoms with Crippen LogP contribution in [0.4, 0.5) is 11.4 Å². The van der Waals surface area contributed by atoms with Crippen molar-refractivity contribution in [1.29, 1.82) is 0 Å². The van der Waals surface area contributed by atoms with Crippen molar-refractivity contribution in [2.75, 3.05) is 15.8 Å². The van der Waals surface area contributed by atoms with Crippen LogP contribution >= 0.6 is 23.4 Å². The molecule has 0 spiro atoms. The third kappa shape index (κ3) is 3.94. The maximum absolute atomic E-state index is 12.7. The maximum atomic E-state index is 12.7. The molecule has 0 saturated carbocycles. The summed E-state index contributed by atoms with van der Waals surface area (Å²) in [7, 11) is -3.80. The van der Waals surface area contributed by atoms with Crippen molar-refractivity contribution < 1.29 is 13.2 Å². The second-order valence-electron chi connectivity index (χ2n) is 5.92. The first-order chi connectivity index (χ1) is 11.8. The number of benzene rings is 2. The van der Waals surface area contributed by atoms with Gasteiger partial charge < -0.3 is 5.32 Å². The molecule has 1 amide bonds. The fourth-order valence-corrected chi connectivity index (χ4v) is 4.68. The molecule has 132 valence electrons. The first kappa shape index (κ1) is 18.1. The number of thioether (sulfide) groups is 1. The van der Waals surface area contributed by atoms with Gasteiger partial charge in [-0.15, -0.1) is 11.8 Å². The van der Waals surface area contributed by atoms with Crippen LogP contribution in [0.15, 0.2) is 46.2 Å². The Morgan fingerprint density at radius 1 is 1.24 bits per heavy atom. The van der Waals surface area contributed by atoms with Crippen LogP contribution in [0.3, 0.4) is 0 Å². The lowest BCUT2D eigenvalue weighted by atomic mass is 10.2. The largest absolute Gasteiger partial charge is 0.325 e. The minimum absolute atomic E-state index is 0.0843. The first-order valence-electron chi connectivity index (χ1n) is 7.63. The molecule has 0 aliphatic carbocycles. The van der Waals surface area contributed by atoms with Crippen molar-refractivity contribution in [3.05, 3.63) is 47.0 Å². The smallest absolute Gasteiger partial charge is 0.261 e. The molecule has 3 rings (SSSR count). The van der Waals surface area contributed by atoms with Crippen molar-refractivity contribution in [1.82, 2.24) is 0 Å². The summed E-state index contributed by atoms with van der Waals surface area (Å²) < 4.78 is 28.0. The molecule has 0 saturated heterocycles. The van der Waals surface area contributed by atoms with Gasteiger partial charge in [-0.3, -0.25) is 9.52 Å². The number of hydrogen-bond acceptors (Lipinski definition) is 4. The molecule has 25 heavy (non-hydrogen) atoms. The van der Waals surface area contributed by atoms with Gasteiger partial charge in [-0.05, 0) is 42.8 Å². The zero-order chi connectivity index (χ0) is 18.2. The molecule has 1 aliphatic rings. The van der Waals surface area contributed by atoms with Gasteiger partial charge in [0.15, 0.2) is 0 Å². The summed E-state index contributed by atoms with van der Waals surface area (Å²) in [5.74, 6) is 0.411. The minimum atomic E-state index is -3.80. The SMILES string of the molecule is Cc1ccc(Cl)cc1NS(=O)(=O)c1ccc2c(c1)NC(=O)[C@H](C)CS2. The normalized spacial score (nSPS) is 17.4. The summed E-state index contributed by atoms with van der Waals surface area (Å²) in [6.07, 6.45) is 0. The number of carbonyl (C=O) groups is 1. The quantitative estimate of drug-likeness (QED) is 0.817. The molecule has 2 aromatic carbocycles. The van der Waals surface area contributed by atoms with Gasteiger partial charge in [0, 0.05) is 21.6 Å². The van der Waals surface area contributed by atoms with E-state index in [1.165, 1.54) is 23.9 Å². The second-order valence-corrected chi connectivity index (χ2v) is 9.10. The Morgan fingerprint density at radius 3 is 2.76 bits per heavy atom. The zero-order valence-electron chi connectivity index (χ0n) is 13.7. The summed E-state index contributed by atoms with van der Waals surface area (Å²) >= 11 is 7.48. The van der Waals surface area contributed by atoms with Gasteiger partial charge in [0.25, 0.3) is 10.0 Å². The highest BCUT2D eigenvalue weighted by Crippen LogP contribution is 2.34. The van der Waals surface area contributed by atoms with Crippen LogP contribution in [0, 0.1) is 12.8 Å². The molecular formula is C17H17ClN2O3S2. The number of aryl methyl sites for hydroxylation is 1. The van der Waals surface area contributed by atoms with Crippen LogP contribution in [0.2, 0.25) is 5.02 Å². The maximum Gasteiger partial charge on any atom is 0.261 e. The summed E-state index contributed by atoms with van der Waals surface area (Å²) in [6, 6.07) is 9.76. The van der Waals surface area contributed by atoms with E-state index < -0.39 is 10.0 Å². The summed E-state index contributed by atoms with van der Waals surface area (Å²) in [4.78, 5) is 12.9. The summed E-state index contributed by atoms with van der Waals surface area (Å²) in [5.41, 5.74) is 1.71. The van der Waals surface area contributed by atoms with Gasteiger partial charge >= 0.3 is 0 Å². The van der Waals surface area contributed by atoms with E-state index in [4.69, 9.17) is 11.6 Å². The number of hydrogen-bond donors (Lipinski definition) is 2. The Bertz CT molecular complexity index is 945. The van der Waals surface area contributed by atoms with Crippen LogP contribution in [0.25, 0.3) is 0 Å². The van der Waals surface area contributed by atoms with Crippen LogP contribution in [-0.4, -0.2) is 20.1 Å². The van der Waals surface area contributed by atoms with Gasteiger partial charge in [0.05, 0.1) is 16.3 Å². The van der Waals surface area contributed by atoms with Crippen molar-refractivity contribution >= 4 is 50.7 Å². The molecular weight excluding hydrogens is 380 g/mol. The summed E-state index contributed by atoms with van der Waals surface area (Å²) in [6.45, 7) is 3.64. The first-order valence-corrected chi connectivity index (χ1v) is 10.5. The van der Waals surface area contributed by atoms with E-state index in [0.717, 1.165) is 10.5 Å². The molecule has 2 N–H and O–H groups in total. The third-order valence-corrected chi connectivity index (χ3v) is 6.83. The standard InChI is InChI=1S/C17H17ClN2O3S2/c1-10-3-4-12(18)7-14(10)20-25(22,23)13-5-6-16-15(8-13)19-17(21)11(2)9-24-16/h3-8,11,20H,9H2,1-2H3,(H,19,21)/t11-/m1/s1. The van der Waals surface area contributed by atoms with E-state index in [-0.39, 0.29) is 16.7 Å². The van der Waals surface area contributed by atoms with Crippen LogP contribution in [-0.2, 0) is 14.8 Å². The number of anilines is 2. The average molecular weight is 397 g/mol. The molecule has 8 heteroatoms. The number of nitrogens with one attached hydrogen (secondary N) is 2. The number of halogens is 1. The van der Waals surface area contributed by atoms with Crippen molar-refractivity contribution in [2.24, 2.45) is 5.92 Å². The Hall–Kier alpha value is -1.70. The lowest BCUT2D eigenvalue weighted by Crippen LogP contribution is -2.20. The average Bonchev–Trinajstić information content (AvgIpc) is 2.69. The van der Waals surface area contributed by atoms with E-state index in [0.29, 0.717) is 22.2 Å². The molecule has 1 aliphatic heterocycles. The van der Waals surface area contributed by atoms with E-state index in [1.807, 2.05) is 6.92 Å². The minimum Gasteiger partial charge on any atom is -0.325 e. The molecule has 2 aromatic rings. The Kier molecular flexibility index (Phi) is 4.99. The van der Waals surface area contributed by atoms with E-state index in [1.54, 1.807) is 31.2 Å². The fraction of sp³-hybridized carbons (Fsp3) is 0.235. The number of fused-ring (bicyclic) bond motifs is 1. The number of sulfonamides is 1. The van der Waals surface area contributed by atoms with Crippen LogP contribution in [0.1, 0.15) is 12.5 Å². The highest BCUT2D eigenvalue weighted by atomic mass is 35.5. The van der Waals surface area contributed by atoms with Crippen LogP contribution < -0.4 is 10.0 Å². The Balaban J connectivity index is 1.95. The molecule has 0 fully saturated rings. The van der Waals surface area contributed by atoms with Crippen molar-refractivity contribution in [2.45, 2.75) is 23.6 Å². The van der Waals surface area contributed by atoms with Gasteiger partial charge in [-0.25, -0.2) is 8.42 Å². The summed E-state index contributed by atoms with van der Waals surface area (Å²) in [5, 5.41) is 3.24. The zero-order valence-corrected chi connectivity index (χ0v) is 16.1. The number of rotatable bonds is 3. The molecule has 0 unspecified atom stereocenters. The van der Waals surface area contributed by atoms with Gasteiger partial charge in [-0.2, -0.15) is 0 Å². The topological polar surface area (TPSA) is 75.3 Å². The highest BCUT2D eigenvalue weighted by Gasteiger charge is 2.23. The lowest BCUT2D eigenvalue weighted by Gasteiger charge is -2.13. The van der Waals surface area contributed by atoms with Gasteiger partial charge in [0.2, 0.25) is 5.91 Å². The second kappa shape index (κ2) is 6.90. The van der Waals surface area contributed by atoms with Gasteiger partial charge in [0.1, 0.15) is 0 Å².